The quantitative estimate of drug-likeness (QED) is 0.770. The summed E-state index contributed by atoms with van der Waals surface area (Å²) in [4.78, 5) is 8.27. The fourth-order valence-electron chi connectivity index (χ4n) is 1.02. The highest BCUT2D eigenvalue weighted by molar-refractivity contribution is 5.09. The van der Waals surface area contributed by atoms with Crippen LogP contribution in [0, 0.1) is 6.92 Å². The predicted molar refractivity (Wildman–Crippen MR) is 62.5 cm³/mol. The van der Waals surface area contributed by atoms with Crippen molar-refractivity contribution in [3.63, 3.8) is 0 Å². The van der Waals surface area contributed by atoms with Gasteiger partial charge in [0.1, 0.15) is 0 Å². The van der Waals surface area contributed by atoms with Gasteiger partial charge in [0, 0.05) is 6.20 Å². The molecule has 1 saturated carbocycles. The first-order valence-corrected chi connectivity index (χ1v) is 5.58. The number of rotatable bonds is 1. The summed E-state index contributed by atoms with van der Waals surface area (Å²) in [7, 11) is 0. The highest BCUT2D eigenvalue weighted by atomic mass is 14.9. The fourth-order valence-corrected chi connectivity index (χ4v) is 1.02. The Balaban J connectivity index is 0.000000234. The predicted octanol–water partition coefficient (Wildman–Crippen LogP) is 2.54. The molecule has 1 fully saturated rings. The van der Waals surface area contributed by atoms with Gasteiger partial charge in [-0.1, -0.05) is 25.7 Å². The summed E-state index contributed by atoms with van der Waals surface area (Å²) in [6.45, 7) is 5.73. The first-order valence-electron chi connectivity index (χ1n) is 5.58. The maximum Gasteiger partial charge on any atom is 0.0782 e. The van der Waals surface area contributed by atoms with Gasteiger partial charge in [-0.3, -0.25) is 9.97 Å². The van der Waals surface area contributed by atoms with Gasteiger partial charge >= 0.3 is 0 Å². The van der Waals surface area contributed by atoms with Crippen molar-refractivity contribution in [3.05, 3.63) is 23.8 Å². The highest BCUT2D eigenvalue weighted by Crippen LogP contribution is 2.15. The summed E-state index contributed by atoms with van der Waals surface area (Å²) in [5.41, 5.74) is 7.17. The maximum absolute atomic E-state index is 5.82. The molecule has 0 amide bonds. The lowest BCUT2D eigenvalue weighted by molar-refractivity contribution is 0.504. The Hall–Kier alpha value is -0.960. The fraction of sp³-hybridized carbons (Fsp3) is 0.667. The van der Waals surface area contributed by atoms with E-state index in [4.69, 9.17) is 5.73 Å². The van der Waals surface area contributed by atoms with Crippen LogP contribution < -0.4 is 5.73 Å². The third-order valence-corrected chi connectivity index (χ3v) is 2.42. The van der Waals surface area contributed by atoms with Crippen LogP contribution in [0.5, 0.6) is 0 Å². The van der Waals surface area contributed by atoms with Crippen LogP contribution in [-0.4, -0.2) is 9.97 Å². The average Bonchev–Trinajstić information content (AvgIpc) is 1.99. The second-order valence-electron chi connectivity index (χ2n) is 4.68. The van der Waals surface area contributed by atoms with E-state index >= 15 is 0 Å². The molecule has 3 heteroatoms. The van der Waals surface area contributed by atoms with E-state index in [-0.39, 0.29) is 5.54 Å². The standard InChI is InChI=1S/C8H13N3.C4H8/c1-6-4-10-5-7(11-6)8(2,3)9;1-2-4-3-1/h4-5H,9H2,1-3H3;1-4H2. The van der Waals surface area contributed by atoms with Gasteiger partial charge in [0.05, 0.1) is 23.1 Å². The molecule has 2 N–H and O–H groups in total. The summed E-state index contributed by atoms with van der Waals surface area (Å²) in [6.07, 6.45) is 9.42. The lowest BCUT2D eigenvalue weighted by Crippen LogP contribution is -2.30. The zero-order chi connectivity index (χ0) is 11.3. The molecule has 0 aromatic carbocycles. The van der Waals surface area contributed by atoms with Gasteiger partial charge < -0.3 is 5.73 Å². The van der Waals surface area contributed by atoms with Gasteiger partial charge in [0.2, 0.25) is 0 Å². The minimum atomic E-state index is -0.390. The van der Waals surface area contributed by atoms with Crippen LogP contribution in [0.3, 0.4) is 0 Å². The lowest BCUT2D eigenvalue weighted by Gasteiger charge is -2.16. The second-order valence-corrected chi connectivity index (χ2v) is 4.68. The number of hydrogen-bond acceptors (Lipinski definition) is 3. The van der Waals surface area contributed by atoms with E-state index in [0.717, 1.165) is 11.4 Å². The highest BCUT2D eigenvalue weighted by Gasteiger charge is 2.15. The summed E-state index contributed by atoms with van der Waals surface area (Å²) < 4.78 is 0. The number of nitrogens with two attached hydrogens (primary N) is 1. The van der Waals surface area contributed by atoms with E-state index in [1.54, 1.807) is 12.4 Å². The lowest BCUT2D eigenvalue weighted by atomic mass is 10.0. The Morgan fingerprint density at radius 2 is 1.67 bits per heavy atom. The Labute approximate surface area is 92.1 Å². The van der Waals surface area contributed by atoms with E-state index in [9.17, 15) is 0 Å². The van der Waals surface area contributed by atoms with Crippen LogP contribution in [-0.2, 0) is 5.54 Å². The van der Waals surface area contributed by atoms with Gasteiger partial charge in [0.25, 0.3) is 0 Å². The van der Waals surface area contributed by atoms with Crippen molar-refractivity contribution in [2.75, 3.05) is 0 Å². The van der Waals surface area contributed by atoms with Crippen LogP contribution in [0.4, 0.5) is 0 Å². The van der Waals surface area contributed by atoms with Gasteiger partial charge in [-0.2, -0.15) is 0 Å². The van der Waals surface area contributed by atoms with Crippen molar-refractivity contribution < 1.29 is 0 Å². The third-order valence-electron chi connectivity index (χ3n) is 2.42. The smallest absolute Gasteiger partial charge is 0.0782 e. The molecular weight excluding hydrogens is 186 g/mol. The van der Waals surface area contributed by atoms with Crippen molar-refractivity contribution in [2.45, 2.75) is 52.0 Å². The maximum atomic E-state index is 5.82. The molecule has 0 bridgehead atoms. The molecule has 1 aromatic rings. The number of hydrogen-bond donors (Lipinski definition) is 1. The van der Waals surface area contributed by atoms with Gasteiger partial charge in [-0.05, 0) is 20.8 Å². The first-order chi connectivity index (χ1) is 7.00. The molecule has 2 rings (SSSR count). The topological polar surface area (TPSA) is 51.8 Å². The van der Waals surface area contributed by atoms with Crippen molar-refractivity contribution in [2.24, 2.45) is 5.73 Å². The molecular formula is C12H21N3. The molecule has 1 heterocycles. The van der Waals surface area contributed by atoms with Gasteiger partial charge in [-0.25, -0.2) is 0 Å². The molecule has 1 aromatic heterocycles. The molecule has 0 atom stereocenters. The average molecular weight is 207 g/mol. The third kappa shape index (κ3) is 4.38. The monoisotopic (exact) mass is 207 g/mol. The van der Waals surface area contributed by atoms with Crippen LogP contribution in [0.15, 0.2) is 12.4 Å². The summed E-state index contributed by atoms with van der Waals surface area (Å²) in [5.74, 6) is 0. The normalized spacial score (nSPS) is 14.9. The van der Waals surface area contributed by atoms with E-state index in [2.05, 4.69) is 9.97 Å². The zero-order valence-corrected chi connectivity index (χ0v) is 9.95. The molecule has 1 aliphatic rings. The van der Waals surface area contributed by atoms with E-state index in [1.165, 1.54) is 25.7 Å². The molecule has 0 unspecified atom stereocenters. The number of aromatic nitrogens is 2. The van der Waals surface area contributed by atoms with Crippen LogP contribution in [0.2, 0.25) is 0 Å². The van der Waals surface area contributed by atoms with Gasteiger partial charge in [-0.15, -0.1) is 0 Å². The van der Waals surface area contributed by atoms with Crippen molar-refractivity contribution >= 4 is 0 Å². The Morgan fingerprint density at radius 3 is 1.93 bits per heavy atom. The summed E-state index contributed by atoms with van der Waals surface area (Å²) in [5, 5.41) is 0. The summed E-state index contributed by atoms with van der Waals surface area (Å²) >= 11 is 0. The molecule has 0 saturated heterocycles. The van der Waals surface area contributed by atoms with Crippen LogP contribution in [0.25, 0.3) is 0 Å². The number of nitrogens with zero attached hydrogens (tertiary/aromatic N) is 2. The number of aryl methyl sites for hydroxylation is 1. The molecule has 15 heavy (non-hydrogen) atoms. The van der Waals surface area contributed by atoms with E-state index < -0.39 is 0 Å². The molecule has 3 nitrogen and oxygen atoms in total. The molecule has 1 aliphatic carbocycles. The Bertz CT molecular complexity index is 294. The van der Waals surface area contributed by atoms with Crippen molar-refractivity contribution in [1.29, 1.82) is 0 Å². The van der Waals surface area contributed by atoms with E-state index in [0.29, 0.717) is 0 Å². The van der Waals surface area contributed by atoms with E-state index in [1.807, 2.05) is 20.8 Å². The molecule has 84 valence electrons. The molecule has 0 radical (unpaired) electrons. The minimum absolute atomic E-state index is 0.390. The van der Waals surface area contributed by atoms with Crippen molar-refractivity contribution in [3.8, 4) is 0 Å². The summed E-state index contributed by atoms with van der Waals surface area (Å²) in [6, 6.07) is 0. The zero-order valence-electron chi connectivity index (χ0n) is 9.95. The molecule has 0 aliphatic heterocycles. The minimum Gasteiger partial charge on any atom is -0.321 e. The van der Waals surface area contributed by atoms with Crippen LogP contribution >= 0.6 is 0 Å². The SMILES string of the molecule is C1CCC1.Cc1cncc(C(C)(C)N)n1. The largest absolute Gasteiger partial charge is 0.321 e. The Morgan fingerprint density at radius 1 is 1.13 bits per heavy atom. The van der Waals surface area contributed by atoms with Gasteiger partial charge in [0.15, 0.2) is 0 Å². The van der Waals surface area contributed by atoms with Crippen LogP contribution in [0.1, 0.15) is 50.9 Å². The first kappa shape index (κ1) is 12.1. The Kier molecular flexibility index (Phi) is 4.21. The second kappa shape index (κ2) is 5.21. The molecule has 0 spiro atoms. The van der Waals surface area contributed by atoms with Crippen molar-refractivity contribution in [1.82, 2.24) is 9.97 Å².